The third-order valence-corrected chi connectivity index (χ3v) is 6.20. The van der Waals surface area contributed by atoms with Gasteiger partial charge in [0.25, 0.3) is 0 Å². The van der Waals surface area contributed by atoms with Gasteiger partial charge in [-0.2, -0.15) is 4.98 Å². The van der Waals surface area contributed by atoms with E-state index in [9.17, 15) is 14.4 Å². The summed E-state index contributed by atoms with van der Waals surface area (Å²) in [7, 11) is 0. The van der Waals surface area contributed by atoms with Crippen LogP contribution < -0.4 is 27.0 Å². The molecule has 0 bridgehead atoms. The summed E-state index contributed by atoms with van der Waals surface area (Å²) in [6.07, 6.45) is 4.31. The van der Waals surface area contributed by atoms with Crippen molar-refractivity contribution >= 4 is 69.3 Å². The molecule has 6 N–H and O–H groups in total. The molecule has 0 aliphatic carbocycles. The van der Waals surface area contributed by atoms with Crippen molar-refractivity contribution in [2.45, 2.75) is 33.1 Å². The van der Waals surface area contributed by atoms with Crippen LogP contribution in [-0.2, 0) is 9.59 Å². The van der Waals surface area contributed by atoms with Crippen molar-refractivity contribution in [1.29, 1.82) is 0 Å². The van der Waals surface area contributed by atoms with Crippen molar-refractivity contribution in [1.82, 2.24) is 20.2 Å². The number of aromatic nitrogens is 2. The summed E-state index contributed by atoms with van der Waals surface area (Å²) in [5.74, 6) is -0.101. The Morgan fingerprint density at radius 1 is 1.14 bits per heavy atom. The topological polar surface area (TPSA) is 154 Å². The van der Waals surface area contributed by atoms with E-state index in [1.807, 2.05) is 24.3 Å². The fraction of sp³-hybridized carbons (Fsp3) is 0.435. The predicted octanol–water partition coefficient (Wildman–Crippen LogP) is 3.46. The largest absolute Gasteiger partial charge is 0.369 e. The Morgan fingerprint density at radius 3 is 2.53 bits per heavy atom. The summed E-state index contributed by atoms with van der Waals surface area (Å²) in [5.41, 5.74) is 5.43. The number of hydrogen-bond acceptors (Lipinski definition) is 7. The average Bonchev–Trinajstić information content (AvgIpc) is 3.36. The van der Waals surface area contributed by atoms with Gasteiger partial charge in [-0.05, 0) is 67.2 Å². The molecule has 1 saturated heterocycles. The van der Waals surface area contributed by atoms with E-state index in [1.165, 1.54) is 13.8 Å². The zero-order valence-electron chi connectivity index (χ0n) is 20.3. The number of rotatable bonds is 10. The summed E-state index contributed by atoms with van der Waals surface area (Å²) in [6.45, 7) is 5.46. The monoisotopic (exact) mass is 582 g/mol. The fourth-order valence-corrected chi connectivity index (χ4v) is 3.64. The van der Waals surface area contributed by atoms with Gasteiger partial charge in [0.15, 0.2) is 0 Å². The Morgan fingerprint density at radius 2 is 1.83 bits per heavy atom. The molecule has 0 unspecified atom stereocenters. The number of likely N-dealkylation sites (tertiary alicyclic amines) is 1. The molecule has 3 rings (SSSR count). The molecule has 11 nitrogen and oxygen atoms in total. The number of nitrogens with one attached hydrogen (secondary N) is 4. The molecule has 2 aromatic rings. The Balaban J connectivity index is 0.00000456. The maximum atomic E-state index is 12.3. The highest BCUT2D eigenvalue weighted by Crippen LogP contribution is 2.23. The molecule has 13 heteroatoms. The van der Waals surface area contributed by atoms with Gasteiger partial charge in [-0.3, -0.25) is 9.59 Å². The minimum absolute atomic E-state index is 0. The van der Waals surface area contributed by atoms with E-state index in [0.29, 0.717) is 41.4 Å². The highest BCUT2D eigenvalue weighted by Gasteiger charge is 2.33. The van der Waals surface area contributed by atoms with Crippen LogP contribution in [0.3, 0.4) is 0 Å². The van der Waals surface area contributed by atoms with Crippen LogP contribution in [0.25, 0.3) is 0 Å². The van der Waals surface area contributed by atoms with E-state index in [1.54, 1.807) is 11.1 Å². The van der Waals surface area contributed by atoms with Crippen LogP contribution in [-0.4, -0.2) is 58.9 Å². The second kappa shape index (κ2) is 13.3. The van der Waals surface area contributed by atoms with Gasteiger partial charge >= 0.3 is 6.03 Å². The van der Waals surface area contributed by atoms with Crippen LogP contribution in [0.15, 0.2) is 34.9 Å². The Hall–Kier alpha value is -3.12. The highest BCUT2D eigenvalue weighted by molar-refractivity contribution is 9.10. The lowest BCUT2D eigenvalue weighted by atomic mass is 9.91. The molecular weight excluding hydrogens is 552 g/mol. The summed E-state index contributed by atoms with van der Waals surface area (Å²) in [4.78, 5) is 46.4. The Labute approximate surface area is 224 Å². The standard InChI is InChI=1S/C23H31BrN8O3.ClH/c1-23(2,19(25)33)20(34)27-10-6-9-26-18-17(24)14-28-21(31-18)29-15-7-5-8-16(13-15)30-22(35)32-11-3-4-12-32;/h5,7-8,13-14H,3-4,6,9-12H2,1-2H3,(H2,25,33)(H,27,34)(H,30,35)(H2,26,28,29,31);1H. The molecule has 0 saturated carbocycles. The van der Waals surface area contributed by atoms with Crippen LogP contribution in [0, 0.1) is 5.41 Å². The molecule has 1 aliphatic rings. The van der Waals surface area contributed by atoms with Crippen LogP contribution in [0.1, 0.15) is 33.1 Å². The quantitative estimate of drug-likeness (QED) is 0.212. The van der Waals surface area contributed by atoms with Gasteiger partial charge in [-0.25, -0.2) is 9.78 Å². The van der Waals surface area contributed by atoms with Crippen molar-refractivity contribution in [3.05, 3.63) is 34.9 Å². The van der Waals surface area contributed by atoms with Gasteiger partial charge in [0.1, 0.15) is 11.2 Å². The van der Waals surface area contributed by atoms with Crippen molar-refractivity contribution in [2.75, 3.05) is 42.1 Å². The normalized spacial score (nSPS) is 12.9. The van der Waals surface area contributed by atoms with Gasteiger partial charge in [-0.1, -0.05) is 6.07 Å². The molecule has 2 heterocycles. The van der Waals surface area contributed by atoms with E-state index in [4.69, 9.17) is 5.73 Å². The number of primary amides is 1. The van der Waals surface area contributed by atoms with Gasteiger partial charge in [0.05, 0.1) is 4.47 Å². The summed E-state index contributed by atoms with van der Waals surface area (Å²) < 4.78 is 0.688. The number of amides is 4. The first-order valence-corrected chi connectivity index (χ1v) is 12.2. The minimum Gasteiger partial charge on any atom is -0.369 e. The highest BCUT2D eigenvalue weighted by atomic mass is 79.9. The zero-order valence-corrected chi connectivity index (χ0v) is 22.7. The zero-order chi connectivity index (χ0) is 25.4. The molecule has 1 fully saturated rings. The van der Waals surface area contributed by atoms with E-state index in [0.717, 1.165) is 31.6 Å². The lowest BCUT2D eigenvalue weighted by Crippen LogP contribution is -2.46. The molecular formula is C23H32BrClN8O3. The average molecular weight is 584 g/mol. The first-order chi connectivity index (χ1) is 16.7. The Bertz CT molecular complexity index is 1080. The van der Waals surface area contributed by atoms with Gasteiger partial charge in [0.2, 0.25) is 17.8 Å². The maximum Gasteiger partial charge on any atom is 0.321 e. The second-order valence-corrected chi connectivity index (χ2v) is 9.60. The first-order valence-electron chi connectivity index (χ1n) is 11.4. The van der Waals surface area contributed by atoms with Crippen molar-refractivity contribution in [3.8, 4) is 0 Å². The van der Waals surface area contributed by atoms with Gasteiger partial charge < -0.3 is 31.9 Å². The SMILES string of the molecule is CC(C)(C(N)=O)C(=O)NCCCNc1nc(Nc2cccc(NC(=O)N3CCCC3)c2)ncc1Br.Cl. The molecule has 1 aliphatic heterocycles. The number of nitrogens with two attached hydrogens (primary N) is 1. The van der Waals surface area contributed by atoms with E-state index < -0.39 is 17.2 Å². The minimum atomic E-state index is -1.25. The molecule has 0 radical (unpaired) electrons. The number of carbonyl (C=O) groups is 3. The van der Waals surface area contributed by atoms with E-state index >= 15 is 0 Å². The van der Waals surface area contributed by atoms with Gasteiger partial charge in [0, 0.05) is 43.8 Å². The molecule has 196 valence electrons. The van der Waals surface area contributed by atoms with Crippen molar-refractivity contribution in [2.24, 2.45) is 11.1 Å². The van der Waals surface area contributed by atoms with Crippen molar-refractivity contribution in [3.63, 3.8) is 0 Å². The fourth-order valence-electron chi connectivity index (χ4n) is 3.31. The number of halogens is 2. The molecule has 1 aromatic carbocycles. The van der Waals surface area contributed by atoms with Crippen LogP contribution >= 0.6 is 28.3 Å². The molecule has 0 atom stereocenters. The Kier molecular flexibility index (Phi) is 10.7. The predicted molar refractivity (Wildman–Crippen MR) is 146 cm³/mol. The lowest BCUT2D eigenvalue weighted by molar-refractivity contribution is -0.139. The second-order valence-electron chi connectivity index (χ2n) is 8.75. The van der Waals surface area contributed by atoms with Crippen LogP contribution in [0.2, 0.25) is 0 Å². The van der Waals surface area contributed by atoms with E-state index in [-0.39, 0.29) is 18.4 Å². The van der Waals surface area contributed by atoms with Crippen molar-refractivity contribution < 1.29 is 14.4 Å². The number of hydrogen-bond donors (Lipinski definition) is 5. The van der Waals surface area contributed by atoms with E-state index in [2.05, 4.69) is 47.2 Å². The lowest BCUT2D eigenvalue weighted by Gasteiger charge is -2.19. The van der Waals surface area contributed by atoms with Gasteiger partial charge in [-0.15, -0.1) is 12.4 Å². The number of anilines is 4. The summed E-state index contributed by atoms with van der Waals surface area (Å²) in [5, 5.41) is 12.0. The number of urea groups is 1. The van der Waals surface area contributed by atoms with Crippen LogP contribution in [0.4, 0.5) is 27.9 Å². The molecule has 1 aromatic heterocycles. The summed E-state index contributed by atoms with van der Waals surface area (Å²) >= 11 is 3.43. The third-order valence-electron chi connectivity index (χ3n) is 5.62. The molecule has 36 heavy (non-hydrogen) atoms. The number of benzene rings is 1. The molecule has 4 amide bonds. The third kappa shape index (κ3) is 7.95. The number of carbonyl (C=O) groups excluding carboxylic acids is 3. The van der Waals surface area contributed by atoms with Crippen LogP contribution in [0.5, 0.6) is 0 Å². The smallest absolute Gasteiger partial charge is 0.321 e. The number of nitrogens with zero attached hydrogens (tertiary/aromatic N) is 3. The molecule has 0 spiro atoms. The summed E-state index contributed by atoms with van der Waals surface area (Å²) in [6, 6.07) is 7.26. The first kappa shape index (κ1) is 29.1. The maximum absolute atomic E-state index is 12.3.